The molecule has 1 fully saturated rings. The van der Waals surface area contributed by atoms with E-state index in [-0.39, 0.29) is 11.6 Å². The number of imidazole rings is 1. The van der Waals surface area contributed by atoms with E-state index in [9.17, 15) is 9.59 Å². The van der Waals surface area contributed by atoms with Crippen LogP contribution in [0, 0.1) is 5.92 Å². The quantitative estimate of drug-likeness (QED) is 0.855. The van der Waals surface area contributed by atoms with E-state index < -0.39 is 0 Å². The number of nitrogens with one attached hydrogen (secondary N) is 1. The molecule has 0 unspecified atom stereocenters. The van der Waals surface area contributed by atoms with Crippen molar-refractivity contribution in [2.45, 2.75) is 33.2 Å². The minimum absolute atomic E-state index is 0.0479. The van der Waals surface area contributed by atoms with Gasteiger partial charge >= 0.3 is 5.69 Å². The van der Waals surface area contributed by atoms with E-state index in [1.54, 1.807) is 10.6 Å². The largest absolute Gasteiger partial charge is 0.380 e. The summed E-state index contributed by atoms with van der Waals surface area (Å²) < 4.78 is 6.98. The first-order valence-corrected chi connectivity index (χ1v) is 8.69. The summed E-state index contributed by atoms with van der Waals surface area (Å²) in [6.07, 6.45) is 2.11. The number of benzene rings is 1. The molecular weight excluding hydrogens is 306 g/mol. The normalized spacial score (nSPS) is 16.0. The van der Waals surface area contributed by atoms with Crippen molar-refractivity contribution >= 4 is 16.9 Å². The van der Waals surface area contributed by atoms with Gasteiger partial charge in [-0.25, -0.2) is 4.79 Å². The zero-order valence-corrected chi connectivity index (χ0v) is 14.4. The fourth-order valence-corrected chi connectivity index (χ4v) is 3.21. The maximum atomic E-state index is 12.7. The number of nitrogens with zero attached hydrogens (tertiary/aromatic N) is 2. The molecule has 0 spiro atoms. The Morgan fingerprint density at radius 3 is 2.79 bits per heavy atom. The molecule has 0 aliphatic carbocycles. The highest BCUT2D eigenvalue weighted by Crippen LogP contribution is 2.20. The van der Waals surface area contributed by atoms with E-state index in [0.717, 1.165) is 31.4 Å². The van der Waals surface area contributed by atoms with Crippen LogP contribution >= 0.6 is 0 Å². The smallest absolute Gasteiger partial charge is 0.326 e. The van der Waals surface area contributed by atoms with Gasteiger partial charge in [0.1, 0.15) is 0 Å². The van der Waals surface area contributed by atoms with Crippen molar-refractivity contribution in [3.05, 3.63) is 34.2 Å². The van der Waals surface area contributed by atoms with Crippen LogP contribution in [-0.4, -0.2) is 46.7 Å². The molecule has 1 aliphatic rings. The van der Waals surface area contributed by atoms with Gasteiger partial charge in [0.25, 0.3) is 5.91 Å². The van der Waals surface area contributed by atoms with Crippen molar-refractivity contribution < 1.29 is 9.53 Å². The lowest BCUT2D eigenvalue weighted by Crippen LogP contribution is -2.37. The molecule has 1 N–H and O–H groups in total. The predicted octanol–water partition coefficient (Wildman–Crippen LogP) is 2.24. The Morgan fingerprint density at radius 2 is 2.08 bits per heavy atom. The predicted molar refractivity (Wildman–Crippen MR) is 93.4 cm³/mol. The lowest BCUT2D eigenvalue weighted by atomic mass is 9.98. The maximum Gasteiger partial charge on any atom is 0.326 e. The number of ether oxygens (including phenoxy) is 1. The van der Waals surface area contributed by atoms with Gasteiger partial charge in [-0.15, -0.1) is 0 Å². The van der Waals surface area contributed by atoms with Gasteiger partial charge in [-0.2, -0.15) is 0 Å². The summed E-state index contributed by atoms with van der Waals surface area (Å²) in [6.45, 7) is 7.40. The van der Waals surface area contributed by atoms with E-state index in [4.69, 9.17) is 4.74 Å². The molecule has 2 aromatic rings. The zero-order chi connectivity index (χ0) is 17.1. The topological polar surface area (TPSA) is 67.3 Å². The monoisotopic (exact) mass is 331 g/mol. The summed E-state index contributed by atoms with van der Waals surface area (Å²) in [6, 6.07) is 5.44. The molecule has 24 heavy (non-hydrogen) atoms. The van der Waals surface area contributed by atoms with Crippen molar-refractivity contribution in [1.82, 2.24) is 14.5 Å². The number of carbonyl (C=O) groups is 1. The Balaban J connectivity index is 1.81. The summed E-state index contributed by atoms with van der Waals surface area (Å²) in [5.41, 5.74) is 1.98. The molecule has 1 amide bonds. The highest BCUT2D eigenvalue weighted by Gasteiger charge is 2.22. The number of fused-ring (bicyclic) bond motifs is 1. The maximum absolute atomic E-state index is 12.7. The number of H-pyrrole nitrogens is 1. The fourth-order valence-electron chi connectivity index (χ4n) is 3.21. The van der Waals surface area contributed by atoms with Crippen molar-refractivity contribution in [1.29, 1.82) is 0 Å². The molecule has 0 saturated carbocycles. The Labute approximate surface area is 141 Å². The van der Waals surface area contributed by atoms with Gasteiger partial charge < -0.3 is 14.6 Å². The third-order valence-corrected chi connectivity index (χ3v) is 4.76. The molecule has 6 nitrogen and oxygen atoms in total. The lowest BCUT2D eigenvalue weighted by Gasteiger charge is -2.30. The second kappa shape index (κ2) is 7.21. The fraction of sp³-hybridized carbons (Fsp3) is 0.556. The Hall–Kier alpha value is -2.08. The number of amides is 1. The molecule has 1 aromatic carbocycles. The van der Waals surface area contributed by atoms with E-state index in [1.807, 2.05) is 24.0 Å². The van der Waals surface area contributed by atoms with Gasteiger partial charge in [0, 0.05) is 25.3 Å². The second-order valence-corrected chi connectivity index (χ2v) is 6.49. The minimum atomic E-state index is -0.166. The van der Waals surface area contributed by atoms with Crippen LogP contribution in [-0.2, 0) is 11.3 Å². The highest BCUT2D eigenvalue weighted by molar-refractivity contribution is 5.97. The number of piperidine rings is 1. The van der Waals surface area contributed by atoms with Gasteiger partial charge in [-0.05, 0) is 43.9 Å². The first-order chi connectivity index (χ1) is 11.6. The highest BCUT2D eigenvalue weighted by atomic mass is 16.5. The summed E-state index contributed by atoms with van der Waals surface area (Å²) in [5.74, 6) is 0.735. The van der Waals surface area contributed by atoms with E-state index in [0.29, 0.717) is 36.8 Å². The minimum Gasteiger partial charge on any atom is -0.380 e. The number of aromatic nitrogens is 2. The van der Waals surface area contributed by atoms with Crippen LogP contribution in [0.4, 0.5) is 0 Å². The SMILES string of the molecule is CCOCCn1c(=O)[nH]c2cc(C(=O)N3CCC(C)CC3)ccc21. The molecule has 1 saturated heterocycles. The van der Waals surface area contributed by atoms with Gasteiger partial charge in [0.05, 0.1) is 24.2 Å². The van der Waals surface area contributed by atoms with Crippen molar-refractivity contribution in [3.63, 3.8) is 0 Å². The van der Waals surface area contributed by atoms with Crippen LogP contribution < -0.4 is 5.69 Å². The summed E-state index contributed by atoms with van der Waals surface area (Å²) in [4.78, 5) is 29.5. The van der Waals surface area contributed by atoms with E-state index in [1.165, 1.54) is 0 Å². The number of aromatic amines is 1. The van der Waals surface area contributed by atoms with Crippen LogP contribution in [0.15, 0.2) is 23.0 Å². The van der Waals surface area contributed by atoms with Crippen molar-refractivity contribution in [3.8, 4) is 0 Å². The first-order valence-electron chi connectivity index (χ1n) is 8.69. The summed E-state index contributed by atoms with van der Waals surface area (Å²) in [7, 11) is 0. The molecule has 3 rings (SSSR count). The molecule has 2 heterocycles. The molecular formula is C18H25N3O3. The molecule has 6 heteroatoms. The summed E-state index contributed by atoms with van der Waals surface area (Å²) in [5, 5.41) is 0. The van der Waals surface area contributed by atoms with Crippen molar-refractivity contribution in [2.75, 3.05) is 26.3 Å². The number of rotatable bonds is 5. The van der Waals surface area contributed by atoms with Crippen molar-refractivity contribution in [2.24, 2.45) is 5.92 Å². The molecule has 0 atom stereocenters. The molecule has 1 aliphatic heterocycles. The van der Waals surface area contributed by atoms with Crippen LogP contribution in [0.3, 0.4) is 0 Å². The Bertz CT molecular complexity index is 769. The Kier molecular flexibility index (Phi) is 5.04. The van der Waals surface area contributed by atoms with Gasteiger partial charge in [0.15, 0.2) is 0 Å². The third kappa shape index (κ3) is 3.38. The van der Waals surface area contributed by atoms with Gasteiger partial charge in [-0.1, -0.05) is 6.92 Å². The molecule has 130 valence electrons. The van der Waals surface area contributed by atoms with Gasteiger partial charge in [0.2, 0.25) is 0 Å². The van der Waals surface area contributed by atoms with Gasteiger partial charge in [-0.3, -0.25) is 9.36 Å². The van der Waals surface area contributed by atoms with E-state index >= 15 is 0 Å². The zero-order valence-electron chi connectivity index (χ0n) is 14.4. The lowest BCUT2D eigenvalue weighted by molar-refractivity contribution is 0.0697. The summed E-state index contributed by atoms with van der Waals surface area (Å²) >= 11 is 0. The molecule has 0 bridgehead atoms. The number of hydrogen-bond donors (Lipinski definition) is 1. The Morgan fingerprint density at radius 1 is 1.33 bits per heavy atom. The average molecular weight is 331 g/mol. The van der Waals surface area contributed by atoms with Crippen LogP contribution in [0.2, 0.25) is 0 Å². The number of likely N-dealkylation sites (tertiary alicyclic amines) is 1. The van der Waals surface area contributed by atoms with E-state index in [2.05, 4.69) is 11.9 Å². The molecule has 0 radical (unpaired) electrons. The standard InChI is InChI=1S/C18H25N3O3/c1-3-24-11-10-21-16-5-4-14(12-15(16)19-18(21)23)17(22)20-8-6-13(2)7-9-20/h4-5,12-13H,3,6-11H2,1-2H3,(H,19,23). The second-order valence-electron chi connectivity index (χ2n) is 6.49. The molecule has 1 aromatic heterocycles. The third-order valence-electron chi connectivity index (χ3n) is 4.76. The van der Waals surface area contributed by atoms with Crippen LogP contribution in [0.5, 0.6) is 0 Å². The average Bonchev–Trinajstić information content (AvgIpc) is 2.90. The first kappa shape index (κ1) is 16.8. The van der Waals surface area contributed by atoms with Crippen LogP contribution in [0.25, 0.3) is 11.0 Å². The van der Waals surface area contributed by atoms with Crippen LogP contribution in [0.1, 0.15) is 37.0 Å². The number of carbonyl (C=O) groups excluding carboxylic acids is 1. The number of hydrogen-bond acceptors (Lipinski definition) is 3.